The summed E-state index contributed by atoms with van der Waals surface area (Å²) < 4.78 is 5.35. The molecule has 0 saturated heterocycles. The minimum absolute atomic E-state index is 0.0139. The molecule has 21 heavy (non-hydrogen) atoms. The van der Waals surface area contributed by atoms with E-state index in [1.807, 2.05) is 18.2 Å². The Morgan fingerprint density at radius 2 is 1.81 bits per heavy atom. The van der Waals surface area contributed by atoms with Crippen molar-refractivity contribution in [3.8, 4) is 0 Å². The molecule has 0 bridgehead atoms. The molecule has 1 heterocycles. The first-order chi connectivity index (χ1) is 10.1. The third kappa shape index (κ3) is 2.53. The first-order valence-corrected chi connectivity index (χ1v) is 6.38. The van der Waals surface area contributed by atoms with Gasteiger partial charge in [-0.25, -0.2) is 0 Å². The lowest BCUT2D eigenvalue weighted by Gasteiger charge is -2.00. The van der Waals surface area contributed by atoms with Crippen LogP contribution in [0.25, 0.3) is 11.0 Å². The van der Waals surface area contributed by atoms with Crippen LogP contribution in [0.4, 0.5) is 5.69 Å². The fraction of sp³-hybridized carbons (Fsp3) is 0.0625. The van der Waals surface area contributed by atoms with Gasteiger partial charge >= 0.3 is 0 Å². The molecule has 0 atom stereocenters. The molecule has 1 aromatic heterocycles. The molecule has 104 valence electrons. The molecule has 3 rings (SSSR count). The quantitative estimate of drug-likeness (QED) is 0.414. The number of non-ortho nitro benzene ring substituents is 1. The van der Waals surface area contributed by atoms with Crippen molar-refractivity contribution in [3.63, 3.8) is 0 Å². The summed E-state index contributed by atoms with van der Waals surface area (Å²) in [4.78, 5) is 22.4. The van der Waals surface area contributed by atoms with Gasteiger partial charge in [0.1, 0.15) is 11.8 Å². The van der Waals surface area contributed by atoms with Gasteiger partial charge in [0.25, 0.3) is 5.69 Å². The zero-order valence-electron chi connectivity index (χ0n) is 11.0. The van der Waals surface area contributed by atoms with Gasteiger partial charge < -0.3 is 4.42 Å². The maximum atomic E-state index is 12.3. The Balaban J connectivity index is 1.84. The predicted molar refractivity (Wildman–Crippen MR) is 77.3 cm³/mol. The lowest BCUT2D eigenvalue weighted by Crippen LogP contribution is -2.02. The lowest BCUT2D eigenvalue weighted by atomic mass is 10.0. The molecular formula is C16H11NO4. The molecule has 0 amide bonds. The summed E-state index contributed by atoms with van der Waals surface area (Å²) >= 11 is 0. The average molecular weight is 281 g/mol. The van der Waals surface area contributed by atoms with Crippen LogP contribution in [-0.4, -0.2) is 10.7 Å². The van der Waals surface area contributed by atoms with E-state index < -0.39 is 4.92 Å². The number of rotatable bonds is 4. The molecule has 0 radical (unpaired) electrons. The van der Waals surface area contributed by atoms with Crippen LogP contribution in [0, 0.1) is 10.1 Å². The summed E-state index contributed by atoms with van der Waals surface area (Å²) in [5.41, 5.74) is 1.95. The SMILES string of the molecule is O=C(Cc1ccc([N+](=O)[O-])cc1)c1coc2ccccc12. The normalized spacial score (nSPS) is 10.7. The number of Topliss-reactive ketones (excluding diaryl/α,β-unsaturated/α-hetero) is 1. The van der Waals surface area contributed by atoms with Crippen molar-refractivity contribution in [2.75, 3.05) is 0 Å². The number of nitro groups is 1. The highest BCUT2D eigenvalue weighted by Crippen LogP contribution is 2.22. The Morgan fingerprint density at radius 1 is 1.10 bits per heavy atom. The lowest BCUT2D eigenvalue weighted by molar-refractivity contribution is -0.384. The molecule has 0 aliphatic carbocycles. The summed E-state index contributed by atoms with van der Waals surface area (Å²) in [6.45, 7) is 0. The minimum Gasteiger partial charge on any atom is -0.464 e. The van der Waals surface area contributed by atoms with Crippen LogP contribution in [0.1, 0.15) is 15.9 Å². The van der Waals surface area contributed by atoms with Gasteiger partial charge in [0, 0.05) is 23.9 Å². The molecule has 0 saturated carbocycles. The van der Waals surface area contributed by atoms with E-state index in [1.54, 1.807) is 18.2 Å². The highest BCUT2D eigenvalue weighted by atomic mass is 16.6. The highest BCUT2D eigenvalue weighted by molar-refractivity contribution is 6.07. The zero-order valence-corrected chi connectivity index (χ0v) is 11.0. The number of furan rings is 1. The molecule has 0 N–H and O–H groups in total. The summed E-state index contributed by atoms with van der Waals surface area (Å²) in [6.07, 6.45) is 1.64. The Morgan fingerprint density at radius 3 is 2.52 bits per heavy atom. The number of ketones is 1. The van der Waals surface area contributed by atoms with Crippen molar-refractivity contribution in [3.05, 3.63) is 76.0 Å². The third-order valence-electron chi connectivity index (χ3n) is 3.29. The molecule has 3 aromatic rings. The van der Waals surface area contributed by atoms with Crippen LogP contribution in [0.3, 0.4) is 0 Å². The molecule has 0 aliphatic rings. The van der Waals surface area contributed by atoms with E-state index >= 15 is 0 Å². The van der Waals surface area contributed by atoms with Crippen molar-refractivity contribution in [1.29, 1.82) is 0 Å². The molecule has 0 spiro atoms. The van der Waals surface area contributed by atoms with E-state index in [-0.39, 0.29) is 17.9 Å². The number of hydrogen-bond acceptors (Lipinski definition) is 4. The maximum Gasteiger partial charge on any atom is 0.269 e. The Labute approximate surface area is 120 Å². The standard InChI is InChI=1S/C16H11NO4/c18-15(9-11-5-7-12(8-6-11)17(19)20)14-10-21-16-4-2-1-3-13(14)16/h1-8,10H,9H2. The van der Waals surface area contributed by atoms with E-state index in [1.165, 1.54) is 18.4 Å². The maximum absolute atomic E-state index is 12.3. The number of carbonyl (C=O) groups excluding carboxylic acids is 1. The van der Waals surface area contributed by atoms with Crippen molar-refractivity contribution < 1.29 is 14.1 Å². The summed E-state index contributed by atoms with van der Waals surface area (Å²) in [5.74, 6) is -0.0752. The number of para-hydroxylation sites is 1. The van der Waals surface area contributed by atoms with Gasteiger partial charge in [-0.3, -0.25) is 14.9 Å². The second-order valence-corrected chi connectivity index (χ2v) is 4.67. The van der Waals surface area contributed by atoms with E-state index in [4.69, 9.17) is 4.42 Å². The van der Waals surface area contributed by atoms with Crippen molar-refractivity contribution in [2.24, 2.45) is 0 Å². The summed E-state index contributed by atoms with van der Waals surface area (Å²) in [6, 6.07) is 13.3. The highest BCUT2D eigenvalue weighted by Gasteiger charge is 2.14. The van der Waals surface area contributed by atoms with Crippen LogP contribution >= 0.6 is 0 Å². The number of nitrogens with zero attached hydrogens (tertiary/aromatic N) is 1. The second-order valence-electron chi connectivity index (χ2n) is 4.67. The van der Waals surface area contributed by atoms with E-state index in [0.717, 1.165) is 10.9 Å². The van der Waals surface area contributed by atoms with Gasteiger partial charge in [0.05, 0.1) is 10.5 Å². The first-order valence-electron chi connectivity index (χ1n) is 6.38. The fourth-order valence-corrected chi connectivity index (χ4v) is 2.21. The minimum atomic E-state index is -0.463. The molecule has 0 fully saturated rings. The fourth-order valence-electron chi connectivity index (χ4n) is 2.21. The topological polar surface area (TPSA) is 73.3 Å². The Bertz CT molecular complexity index is 818. The molecule has 5 heteroatoms. The number of nitro benzene ring substituents is 1. The van der Waals surface area contributed by atoms with Crippen LogP contribution in [0.5, 0.6) is 0 Å². The molecule has 5 nitrogen and oxygen atoms in total. The molecule has 0 unspecified atom stereocenters. The van der Waals surface area contributed by atoms with Gasteiger partial charge in [0.15, 0.2) is 5.78 Å². The van der Waals surface area contributed by atoms with Gasteiger partial charge in [0.2, 0.25) is 0 Å². The van der Waals surface area contributed by atoms with Crippen molar-refractivity contribution in [1.82, 2.24) is 0 Å². The molecule has 0 aliphatic heterocycles. The van der Waals surface area contributed by atoms with Crippen molar-refractivity contribution >= 4 is 22.4 Å². The smallest absolute Gasteiger partial charge is 0.269 e. The van der Waals surface area contributed by atoms with E-state index in [9.17, 15) is 14.9 Å². The van der Waals surface area contributed by atoms with Gasteiger partial charge in [-0.05, 0) is 11.6 Å². The summed E-state index contributed by atoms with van der Waals surface area (Å²) in [7, 11) is 0. The zero-order chi connectivity index (χ0) is 14.8. The summed E-state index contributed by atoms with van der Waals surface area (Å²) in [5, 5.41) is 11.4. The van der Waals surface area contributed by atoms with Gasteiger partial charge in [-0.2, -0.15) is 0 Å². The number of benzene rings is 2. The van der Waals surface area contributed by atoms with Gasteiger partial charge in [-0.15, -0.1) is 0 Å². The van der Waals surface area contributed by atoms with Crippen LogP contribution in [0.15, 0.2) is 59.2 Å². The van der Waals surface area contributed by atoms with Crippen LogP contribution in [-0.2, 0) is 6.42 Å². The Hall–Kier alpha value is -2.95. The monoisotopic (exact) mass is 281 g/mol. The van der Waals surface area contributed by atoms with Crippen molar-refractivity contribution in [2.45, 2.75) is 6.42 Å². The number of hydrogen-bond donors (Lipinski definition) is 0. The van der Waals surface area contributed by atoms with E-state index in [0.29, 0.717) is 11.1 Å². The predicted octanol–water partition coefficient (Wildman–Crippen LogP) is 3.77. The number of fused-ring (bicyclic) bond motifs is 1. The second kappa shape index (κ2) is 5.20. The van der Waals surface area contributed by atoms with Gasteiger partial charge in [-0.1, -0.05) is 30.3 Å². The largest absolute Gasteiger partial charge is 0.464 e. The van der Waals surface area contributed by atoms with Crippen LogP contribution in [0.2, 0.25) is 0 Å². The number of carbonyl (C=O) groups is 1. The van der Waals surface area contributed by atoms with E-state index in [2.05, 4.69) is 0 Å². The average Bonchev–Trinajstić information content (AvgIpc) is 2.92. The third-order valence-corrected chi connectivity index (χ3v) is 3.29. The molecule has 2 aromatic carbocycles. The molecular weight excluding hydrogens is 270 g/mol. The first kappa shape index (κ1) is 13.1. The van der Waals surface area contributed by atoms with Crippen LogP contribution < -0.4 is 0 Å². The Kier molecular flexibility index (Phi) is 3.23.